The molecule has 1 aliphatic rings. The second-order valence-corrected chi connectivity index (χ2v) is 6.97. The fourth-order valence-electron chi connectivity index (χ4n) is 3.44. The van der Waals surface area contributed by atoms with Gasteiger partial charge in [0.1, 0.15) is 6.61 Å². The highest BCUT2D eigenvalue weighted by atomic mass is 16.6. The van der Waals surface area contributed by atoms with Crippen molar-refractivity contribution >= 4 is 29.5 Å². The first-order valence-corrected chi connectivity index (χ1v) is 9.68. The number of hydrogen-bond donors (Lipinski definition) is 1. The molecule has 1 aromatic heterocycles. The molecule has 4 rings (SSSR count). The van der Waals surface area contributed by atoms with Crippen LogP contribution in [0.1, 0.15) is 17.0 Å². The first-order chi connectivity index (χ1) is 14.5. The Morgan fingerprint density at radius 2 is 1.87 bits per heavy atom. The maximum absolute atomic E-state index is 12.5. The van der Waals surface area contributed by atoms with E-state index < -0.39 is 0 Å². The molecule has 1 fully saturated rings. The molecule has 30 heavy (non-hydrogen) atoms. The molecular weight excluding hydrogens is 380 g/mol. The van der Waals surface area contributed by atoms with Crippen molar-refractivity contribution in [2.45, 2.75) is 13.8 Å². The summed E-state index contributed by atoms with van der Waals surface area (Å²) in [6, 6.07) is 17.0. The zero-order valence-corrected chi connectivity index (χ0v) is 16.8. The second-order valence-electron chi connectivity index (χ2n) is 6.97. The molecule has 0 aliphatic carbocycles. The van der Waals surface area contributed by atoms with E-state index in [2.05, 4.69) is 10.4 Å². The first-order valence-electron chi connectivity index (χ1n) is 9.68. The lowest BCUT2D eigenvalue weighted by atomic mass is 10.2. The summed E-state index contributed by atoms with van der Waals surface area (Å²) < 4.78 is 6.83. The van der Waals surface area contributed by atoms with Crippen LogP contribution in [0.3, 0.4) is 0 Å². The van der Waals surface area contributed by atoms with Gasteiger partial charge in [-0.3, -0.25) is 9.69 Å². The number of cyclic esters (lactones) is 1. The number of para-hydroxylation sites is 1. The second kappa shape index (κ2) is 8.24. The lowest BCUT2D eigenvalue weighted by Gasteiger charge is -2.13. The Hall–Kier alpha value is -3.87. The molecule has 2 amide bonds. The standard InChI is InChI=1S/C23H22N4O3/c1-16-21(17(2)27(25-16)19-8-4-3-5-9-19)11-12-22(28)24-18-7-6-10-20(15-18)26-13-14-30-23(26)29/h3-12,15H,13-14H2,1-2H3,(H,24,28)/b12-11+. The average molecular weight is 402 g/mol. The highest BCUT2D eigenvalue weighted by molar-refractivity contribution is 6.02. The number of nitrogens with zero attached hydrogens (tertiary/aromatic N) is 3. The Kier molecular flexibility index (Phi) is 5.34. The van der Waals surface area contributed by atoms with Gasteiger partial charge in [-0.15, -0.1) is 0 Å². The Bertz CT molecular complexity index is 1120. The molecule has 0 spiro atoms. The van der Waals surface area contributed by atoms with Gasteiger partial charge in [-0.1, -0.05) is 24.3 Å². The van der Waals surface area contributed by atoms with Gasteiger partial charge < -0.3 is 10.1 Å². The van der Waals surface area contributed by atoms with Crippen LogP contribution in [0.2, 0.25) is 0 Å². The van der Waals surface area contributed by atoms with Crippen LogP contribution in [0.15, 0.2) is 60.7 Å². The number of aryl methyl sites for hydroxylation is 1. The first kappa shape index (κ1) is 19.4. The highest BCUT2D eigenvalue weighted by Gasteiger charge is 2.23. The number of carbonyl (C=O) groups excluding carboxylic acids is 2. The Balaban J connectivity index is 1.49. The van der Waals surface area contributed by atoms with Crippen LogP contribution in [-0.4, -0.2) is 34.9 Å². The third kappa shape index (κ3) is 3.96. The lowest BCUT2D eigenvalue weighted by molar-refractivity contribution is -0.111. The van der Waals surface area contributed by atoms with Gasteiger partial charge in [0.25, 0.3) is 0 Å². The molecule has 0 unspecified atom stereocenters. The predicted octanol–water partition coefficient (Wildman–Crippen LogP) is 4.10. The van der Waals surface area contributed by atoms with Crippen LogP contribution >= 0.6 is 0 Å². The maximum atomic E-state index is 12.5. The van der Waals surface area contributed by atoms with Gasteiger partial charge in [-0.25, -0.2) is 9.48 Å². The Labute approximate surface area is 174 Å². The van der Waals surface area contributed by atoms with Gasteiger partial charge in [0.05, 0.1) is 17.9 Å². The Morgan fingerprint density at radius 1 is 1.10 bits per heavy atom. The number of anilines is 2. The number of carbonyl (C=O) groups is 2. The van der Waals surface area contributed by atoms with Crippen LogP contribution in [0.5, 0.6) is 0 Å². The summed E-state index contributed by atoms with van der Waals surface area (Å²) in [5, 5.41) is 7.43. The van der Waals surface area contributed by atoms with Gasteiger partial charge in [-0.05, 0) is 50.3 Å². The molecular formula is C23H22N4O3. The number of nitrogens with one attached hydrogen (secondary N) is 1. The van der Waals surface area contributed by atoms with Crippen molar-refractivity contribution in [3.63, 3.8) is 0 Å². The maximum Gasteiger partial charge on any atom is 0.414 e. The molecule has 0 atom stereocenters. The minimum absolute atomic E-state index is 0.262. The largest absolute Gasteiger partial charge is 0.447 e. The number of aromatic nitrogens is 2. The summed E-state index contributed by atoms with van der Waals surface area (Å²) in [6.07, 6.45) is 2.89. The average Bonchev–Trinajstić information content (AvgIpc) is 3.30. The molecule has 0 radical (unpaired) electrons. The van der Waals surface area contributed by atoms with Crippen LogP contribution in [-0.2, 0) is 9.53 Å². The fourth-order valence-corrected chi connectivity index (χ4v) is 3.44. The summed E-state index contributed by atoms with van der Waals surface area (Å²) in [4.78, 5) is 25.7. The van der Waals surface area contributed by atoms with Gasteiger partial charge in [0.2, 0.25) is 5.91 Å². The molecule has 7 nitrogen and oxygen atoms in total. The number of ether oxygens (including phenoxy) is 1. The molecule has 1 N–H and O–H groups in total. The van der Waals surface area contributed by atoms with E-state index in [1.807, 2.05) is 54.9 Å². The smallest absolute Gasteiger partial charge is 0.414 e. The minimum Gasteiger partial charge on any atom is -0.447 e. The van der Waals surface area contributed by atoms with Crippen molar-refractivity contribution in [2.24, 2.45) is 0 Å². The summed E-state index contributed by atoms with van der Waals surface area (Å²) in [6.45, 7) is 4.76. The number of rotatable bonds is 5. The van der Waals surface area contributed by atoms with Crippen molar-refractivity contribution < 1.29 is 14.3 Å². The molecule has 7 heteroatoms. The molecule has 2 aromatic carbocycles. The molecule has 1 saturated heterocycles. The third-order valence-electron chi connectivity index (χ3n) is 4.94. The molecule has 0 saturated carbocycles. The van der Waals surface area contributed by atoms with Crippen molar-refractivity contribution in [3.05, 3.63) is 77.6 Å². The zero-order chi connectivity index (χ0) is 21.1. The van der Waals surface area contributed by atoms with Crippen LogP contribution in [0.25, 0.3) is 11.8 Å². The highest BCUT2D eigenvalue weighted by Crippen LogP contribution is 2.23. The predicted molar refractivity (Wildman–Crippen MR) is 116 cm³/mol. The summed E-state index contributed by atoms with van der Waals surface area (Å²) >= 11 is 0. The van der Waals surface area contributed by atoms with Crippen molar-refractivity contribution in [3.8, 4) is 5.69 Å². The Morgan fingerprint density at radius 3 is 2.60 bits per heavy atom. The lowest BCUT2D eigenvalue weighted by Crippen LogP contribution is -2.23. The van der Waals surface area contributed by atoms with Crippen molar-refractivity contribution in [1.29, 1.82) is 0 Å². The van der Waals surface area contributed by atoms with E-state index in [9.17, 15) is 9.59 Å². The topological polar surface area (TPSA) is 76.5 Å². The number of amides is 2. The van der Waals surface area contributed by atoms with Gasteiger partial charge in [-0.2, -0.15) is 5.10 Å². The monoisotopic (exact) mass is 402 g/mol. The van der Waals surface area contributed by atoms with Crippen molar-refractivity contribution in [2.75, 3.05) is 23.4 Å². The van der Waals surface area contributed by atoms with Crippen LogP contribution in [0.4, 0.5) is 16.2 Å². The normalized spacial score (nSPS) is 13.7. The summed E-state index contributed by atoms with van der Waals surface area (Å²) in [7, 11) is 0. The fraction of sp³-hybridized carbons (Fsp3) is 0.174. The summed E-state index contributed by atoms with van der Waals surface area (Å²) in [5.74, 6) is -0.262. The minimum atomic E-state index is -0.375. The van der Waals surface area contributed by atoms with E-state index >= 15 is 0 Å². The van der Waals surface area contributed by atoms with Gasteiger partial charge in [0.15, 0.2) is 0 Å². The summed E-state index contributed by atoms with van der Waals surface area (Å²) in [5.41, 5.74) is 4.97. The van der Waals surface area contributed by atoms with Crippen LogP contribution < -0.4 is 10.2 Å². The quantitative estimate of drug-likeness (QED) is 0.652. The number of benzene rings is 2. The van der Waals surface area contributed by atoms with E-state index in [-0.39, 0.29) is 12.0 Å². The third-order valence-corrected chi connectivity index (χ3v) is 4.94. The SMILES string of the molecule is Cc1nn(-c2ccccc2)c(C)c1/C=C/C(=O)Nc1cccc(N2CCOC2=O)c1. The molecule has 152 valence electrons. The molecule has 2 heterocycles. The van der Waals surface area contributed by atoms with E-state index in [0.29, 0.717) is 24.5 Å². The molecule has 0 bridgehead atoms. The molecule has 3 aromatic rings. The molecule has 1 aliphatic heterocycles. The van der Waals surface area contributed by atoms with E-state index in [1.54, 1.807) is 24.3 Å². The van der Waals surface area contributed by atoms with Crippen molar-refractivity contribution in [1.82, 2.24) is 9.78 Å². The van der Waals surface area contributed by atoms with E-state index in [0.717, 1.165) is 22.6 Å². The number of hydrogen-bond acceptors (Lipinski definition) is 4. The zero-order valence-electron chi connectivity index (χ0n) is 16.8. The van der Waals surface area contributed by atoms with Gasteiger partial charge >= 0.3 is 6.09 Å². The van der Waals surface area contributed by atoms with E-state index in [4.69, 9.17) is 4.74 Å². The van der Waals surface area contributed by atoms with Gasteiger partial charge in [0, 0.05) is 28.7 Å². The van der Waals surface area contributed by atoms with Crippen LogP contribution in [0, 0.1) is 13.8 Å². The van der Waals surface area contributed by atoms with E-state index in [1.165, 1.54) is 11.0 Å².